The lowest BCUT2D eigenvalue weighted by molar-refractivity contribution is -0.134. The Balaban J connectivity index is 1.27. The number of hydrogen-bond donors (Lipinski definition) is 0. The first-order valence-corrected chi connectivity index (χ1v) is 10.9. The van der Waals surface area contributed by atoms with E-state index in [1.807, 2.05) is 48.4 Å². The quantitative estimate of drug-likeness (QED) is 0.587. The summed E-state index contributed by atoms with van der Waals surface area (Å²) in [6, 6.07) is 11.2. The monoisotopic (exact) mass is 428 g/mol. The molecule has 7 nitrogen and oxygen atoms in total. The van der Waals surface area contributed by atoms with Crippen molar-refractivity contribution in [1.82, 2.24) is 19.9 Å². The van der Waals surface area contributed by atoms with E-state index in [9.17, 15) is 9.59 Å². The van der Waals surface area contributed by atoms with E-state index in [1.165, 1.54) is 0 Å². The maximum absolute atomic E-state index is 13.0. The van der Waals surface area contributed by atoms with Crippen LogP contribution >= 0.6 is 0 Å². The molecule has 4 heterocycles. The predicted molar refractivity (Wildman–Crippen MR) is 118 cm³/mol. The number of carbonyl (C=O) groups is 2. The van der Waals surface area contributed by atoms with E-state index < -0.39 is 6.10 Å². The van der Waals surface area contributed by atoms with Crippen molar-refractivity contribution >= 4 is 11.9 Å². The zero-order valence-electron chi connectivity index (χ0n) is 17.9. The maximum Gasteiger partial charge on any atom is 0.339 e. The molecule has 3 aromatic rings. The number of aryl methyl sites for hydroxylation is 1. The summed E-state index contributed by atoms with van der Waals surface area (Å²) in [4.78, 5) is 40.2. The van der Waals surface area contributed by atoms with Crippen LogP contribution in [0.2, 0.25) is 0 Å². The summed E-state index contributed by atoms with van der Waals surface area (Å²) < 4.78 is 5.45. The van der Waals surface area contributed by atoms with E-state index in [0.717, 1.165) is 41.1 Å². The molecule has 5 rings (SSSR count). The third kappa shape index (κ3) is 3.86. The molecule has 0 unspecified atom stereocenters. The second kappa shape index (κ2) is 8.49. The van der Waals surface area contributed by atoms with Crippen LogP contribution in [0.15, 0.2) is 55.0 Å². The number of carbonyl (C=O) groups excluding carboxylic acids is 2. The van der Waals surface area contributed by atoms with Crippen molar-refractivity contribution in [1.29, 1.82) is 0 Å². The smallest absolute Gasteiger partial charge is 0.339 e. The van der Waals surface area contributed by atoms with E-state index in [4.69, 9.17) is 9.72 Å². The highest BCUT2D eigenvalue weighted by atomic mass is 16.5. The molecule has 1 atom stereocenters. The summed E-state index contributed by atoms with van der Waals surface area (Å²) >= 11 is 0. The van der Waals surface area contributed by atoms with Crippen LogP contribution in [-0.2, 0) is 9.53 Å². The molecule has 2 aliphatic heterocycles. The molecule has 0 N–H and O–H groups in total. The first-order chi connectivity index (χ1) is 15.6. The van der Waals surface area contributed by atoms with E-state index >= 15 is 0 Å². The zero-order valence-corrected chi connectivity index (χ0v) is 17.9. The van der Waals surface area contributed by atoms with Gasteiger partial charge >= 0.3 is 5.97 Å². The van der Waals surface area contributed by atoms with Crippen LogP contribution in [0.3, 0.4) is 0 Å². The summed E-state index contributed by atoms with van der Waals surface area (Å²) in [6.07, 6.45) is 6.79. The van der Waals surface area contributed by atoms with Gasteiger partial charge < -0.3 is 9.64 Å². The van der Waals surface area contributed by atoms with Gasteiger partial charge in [-0.3, -0.25) is 9.78 Å². The van der Waals surface area contributed by atoms with Gasteiger partial charge in [0.05, 0.1) is 17.7 Å². The van der Waals surface area contributed by atoms with Crippen molar-refractivity contribution in [3.05, 3.63) is 77.6 Å². The lowest BCUT2D eigenvalue weighted by Crippen LogP contribution is -2.38. The number of fused-ring (bicyclic) bond motifs is 1. The second-order valence-corrected chi connectivity index (χ2v) is 8.29. The molecule has 2 aliphatic rings. The van der Waals surface area contributed by atoms with Crippen LogP contribution in [0.4, 0.5) is 0 Å². The third-order valence-corrected chi connectivity index (χ3v) is 6.30. The molecular weight excluding hydrogens is 404 g/mol. The zero-order chi connectivity index (χ0) is 22.1. The third-order valence-electron chi connectivity index (χ3n) is 6.30. The number of amides is 1. The van der Waals surface area contributed by atoms with Crippen LogP contribution in [0.25, 0.3) is 11.1 Å². The molecule has 1 saturated heterocycles. The summed E-state index contributed by atoms with van der Waals surface area (Å²) in [7, 11) is 0. The Hall–Kier alpha value is -3.61. The van der Waals surface area contributed by atoms with Crippen LogP contribution in [0.5, 0.6) is 0 Å². The Morgan fingerprint density at radius 2 is 1.84 bits per heavy atom. The van der Waals surface area contributed by atoms with Gasteiger partial charge in [0.25, 0.3) is 0 Å². The Morgan fingerprint density at radius 1 is 1.09 bits per heavy atom. The normalized spacial score (nSPS) is 18.3. The van der Waals surface area contributed by atoms with Crippen molar-refractivity contribution in [2.45, 2.75) is 38.2 Å². The molecule has 0 saturated carbocycles. The number of pyridine rings is 1. The molecule has 162 valence electrons. The van der Waals surface area contributed by atoms with Gasteiger partial charge in [-0.15, -0.1) is 0 Å². The number of piperidine rings is 1. The highest BCUT2D eigenvalue weighted by Crippen LogP contribution is 2.36. The fraction of sp³-hybridized carbons (Fsp3) is 0.320. The number of cyclic esters (lactones) is 1. The van der Waals surface area contributed by atoms with Gasteiger partial charge in [-0.2, -0.15) is 0 Å². The maximum atomic E-state index is 13.0. The van der Waals surface area contributed by atoms with E-state index in [0.29, 0.717) is 18.7 Å². The number of ether oxygens (including phenoxy) is 1. The largest absolute Gasteiger partial charge is 0.453 e. The molecule has 0 radical (unpaired) electrons. The standard InChI is InChI=1S/C25H24N4O3/c1-16-27-15-21(17-6-10-26-11-7-17)24(28-16)18-8-12-29(13-9-18)23(30)14-22-19-4-2-3-5-20(19)25(31)32-22/h2-7,10-11,15,18,22H,8-9,12-14H2,1H3/t22-/m1/s1. The molecule has 1 amide bonds. The van der Waals surface area contributed by atoms with Gasteiger partial charge in [0.1, 0.15) is 11.9 Å². The molecule has 1 fully saturated rings. The minimum Gasteiger partial charge on any atom is -0.453 e. The van der Waals surface area contributed by atoms with E-state index in [2.05, 4.69) is 9.97 Å². The topological polar surface area (TPSA) is 85.3 Å². The molecule has 2 aromatic heterocycles. The SMILES string of the molecule is Cc1ncc(-c2ccncc2)c(C2CCN(C(=O)C[C@H]3OC(=O)c4ccccc43)CC2)n1. The van der Waals surface area contributed by atoms with Gasteiger partial charge in [0.2, 0.25) is 5.91 Å². The highest BCUT2D eigenvalue weighted by Gasteiger charge is 2.34. The van der Waals surface area contributed by atoms with Gasteiger partial charge in [-0.05, 0) is 43.5 Å². The average molecular weight is 428 g/mol. The molecular formula is C25H24N4O3. The first-order valence-electron chi connectivity index (χ1n) is 10.9. The highest BCUT2D eigenvalue weighted by molar-refractivity contribution is 5.94. The fourth-order valence-corrected chi connectivity index (χ4v) is 4.61. The summed E-state index contributed by atoms with van der Waals surface area (Å²) in [5, 5.41) is 0. The van der Waals surface area contributed by atoms with Crippen LogP contribution in [0, 0.1) is 6.92 Å². The van der Waals surface area contributed by atoms with Crippen molar-refractivity contribution in [2.75, 3.05) is 13.1 Å². The van der Waals surface area contributed by atoms with Crippen LogP contribution in [-0.4, -0.2) is 44.8 Å². The van der Waals surface area contributed by atoms with Gasteiger partial charge in [-0.25, -0.2) is 14.8 Å². The van der Waals surface area contributed by atoms with Crippen molar-refractivity contribution in [3.63, 3.8) is 0 Å². The first kappa shape index (κ1) is 20.3. The van der Waals surface area contributed by atoms with Gasteiger partial charge in [0.15, 0.2) is 0 Å². The second-order valence-electron chi connectivity index (χ2n) is 8.29. The lowest BCUT2D eigenvalue weighted by Gasteiger charge is -2.33. The number of benzene rings is 1. The van der Waals surface area contributed by atoms with Crippen molar-refractivity contribution in [3.8, 4) is 11.1 Å². The van der Waals surface area contributed by atoms with E-state index in [1.54, 1.807) is 18.5 Å². The lowest BCUT2D eigenvalue weighted by atomic mass is 9.89. The number of nitrogens with zero attached hydrogens (tertiary/aromatic N) is 4. The number of likely N-dealkylation sites (tertiary alicyclic amines) is 1. The van der Waals surface area contributed by atoms with Crippen LogP contribution in [0.1, 0.15) is 58.7 Å². The Labute approximate surface area is 186 Å². The van der Waals surface area contributed by atoms with Crippen LogP contribution < -0.4 is 0 Å². The Morgan fingerprint density at radius 3 is 2.62 bits per heavy atom. The van der Waals surface area contributed by atoms with Crippen molar-refractivity contribution in [2.24, 2.45) is 0 Å². The average Bonchev–Trinajstić information content (AvgIpc) is 3.15. The minimum atomic E-state index is -0.494. The number of aromatic nitrogens is 3. The fourth-order valence-electron chi connectivity index (χ4n) is 4.61. The van der Waals surface area contributed by atoms with Crippen molar-refractivity contribution < 1.29 is 14.3 Å². The molecule has 0 aliphatic carbocycles. The summed E-state index contributed by atoms with van der Waals surface area (Å²) in [5.41, 5.74) is 4.48. The molecule has 7 heteroatoms. The molecule has 1 aromatic carbocycles. The Bertz CT molecular complexity index is 1160. The Kier molecular flexibility index (Phi) is 5.39. The predicted octanol–water partition coefficient (Wildman–Crippen LogP) is 3.85. The number of hydrogen-bond acceptors (Lipinski definition) is 6. The minimum absolute atomic E-state index is 0.0196. The number of rotatable bonds is 4. The van der Waals surface area contributed by atoms with Gasteiger partial charge in [0, 0.05) is 48.7 Å². The molecule has 0 bridgehead atoms. The molecule has 0 spiro atoms. The summed E-state index contributed by atoms with van der Waals surface area (Å²) in [5.74, 6) is 0.679. The molecule has 32 heavy (non-hydrogen) atoms. The van der Waals surface area contributed by atoms with Gasteiger partial charge in [-0.1, -0.05) is 18.2 Å². The summed E-state index contributed by atoms with van der Waals surface area (Å²) in [6.45, 7) is 3.22. The number of esters is 1. The van der Waals surface area contributed by atoms with E-state index in [-0.39, 0.29) is 24.2 Å².